The van der Waals surface area contributed by atoms with E-state index >= 15 is 0 Å². The van der Waals surface area contributed by atoms with Gasteiger partial charge in [0.15, 0.2) is 0 Å². The molecule has 118 valence electrons. The summed E-state index contributed by atoms with van der Waals surface area (Å²) in [5.41, 5.74) is 7.99. The maximum Gasteiger partial charge on any atom is 0.139 e. The van der Waals surface area contributed by atoms with Crippen molar-refractivity contribution >= 4 is 21.7 Å². The quantitative estimate of drug-likeness (QED) is 0.850. The van der Waals surface area contributed by atoms with Crippen LogP contribution in [0.15, 0.2) is 4.47 Å². The highest BCUT2D eigenvalue weighted by molar-refractivity contribution is 9.10. The van der Waals surface area contributed by atoms with E-state index in [1.807, 2.05) is 11.6 Å². The minimum atomic E-state index is 0.0495. The molecule has 1 heterocycles. The Morgan fingerprint density at radius 2 is 2.05 bits per heavy atom. The van der Waals surface area contributed by atoms with Gasteiger partial charge in [-0.2, -0.15) is 5.10 Å². The molecule has 1 aromatic rings. The highest BCUT2D eigenvalue weighted by Crippen LogP contribution is 2.39. The van der Waals surface area contributed by atoms with Gasteiger partial charge in [-0.3, -0.25) is 9.48 Å². The lowest BCUT2D eigenvalue weighted by molar-refractivity contribution is -0.121. The molecule has 5 heteroatoms. The Morgan fingerprint density at radius 3 is 2.62 bits per heavy atom. The molecule has 1 aliphatic rings. The molecular formula is C16H26BrN3O. The minimum absolute atomic E-state index is 0.0495. The fourth-order valence-corrected chi connectivity index (χ4v) is 3.88. The molecule has 1 aromatic heterocycles. The second-order valence-corrected chi connectivity index (χ2v) is 7.11. The summed E-state index contributed by atoms with van der Waals surface area (Å²) in [6.45, 7) is 5.44. The molecule has 1 aliphatic carbocycles. The Kier molecular flexibility index (Phi) is 5.60. The molecule has 0 unspecified atom stereocenters. The van der Waals surface area contributed by atoms with Crippen LogP contribution in [0.1, 0.15) is 56.8 Å². The summed E-state index contributed by atoms with van der Waals surface area (Å²) in [5.74, 6) is 0.289. The third-order valence-corrected chi connectivity index (χ3v) is 5.77. The predicted molar refractivity (Wildman–Crippen MR) is 88.2 cm³/mol. The van der Waals surface area contributed by atoms with Crippen LogP contribution in [0.2, 0.25) is 0 Å². The molecule has 2 rings (SSSR count). The maximum atomic E-state index is 12.6. The first kappa shape index (κ1) is 16.7. The summed E-state index contributed by atoms with van der Waals surface area (Å²) < 4.78 is 2.90. The number of halogens is 1. The molecule has 1 fully saturated rings. The second-order valence-electron chi connectivity index (χ2n) is 6.32. The van der Waals surface area contributed by atoms with E-state index in [4.69, 9.17) is 5.73 Å². The van der Waals surface area contributed by atoms with Gasteiger partial charge in [-0.25, -0.2) is 0 Å². The predicted octanol–water partition coefficient (Wildman–Crippen LogP) is 3.38. The summed E-state index contributed by atoms with van der Waals surface area (Å²) >= 11 is 3.57. The molecule has 0 atom stereocenters. The Hall–Kier alpha value is -0.680. The topological polar surface area (TPSA) is 60.9 Å². The standard InChI is InChI=1S/C16H26BrN3O/c1-3-20-14(15(17)12(2)19-20)9-13(21)10-16(11-18)7-5-4-6-8-16/h3-11,18H2,1-2H3. The monoisotopic (exact) mass is 355 g/mol. The largest absolute Gasteiger partial charge is 0.330 e. The van der Waals surface area contributed by atoms with Crippen LogP contribution in [-0.4, -0.2) is 22.1 Å². The van der Waals surface area contributed by atoms with Gasteiger partial charge >= 0.3 is 0 Å². The number of aromatic nitrogens is 2. The van der Waals surface area contributed by atoms with Crippen molar-refractivity contribution in [3.05, 3.63) is 15.9 Å². The van der Waals surface area contributed by atoms with Gasteiger partial charge in [-0.05, 0) is 54.6 Å². The van der Waals surface area contributed by atoms with Crippen LogP contribution >= 0.6 is 15.9 Å². The van der Waals surface area contributed by atoms with E-state index in [0.29, 0.717) is 19.4 Å². The van der Waals surface area contributed by atoms with Gasteiger partial charge in [-0.15, -0.1) is 0 Å². The zero-order chi connectivity index (χ0) is 15.5. The van der Waals surface area contributed by atoms with Crippen molar-refractivity contribution in [2.75, 3.05) is 6.54 Å². The summed E-state index contributed by atoms with van der Waals surface area (Å²) in [6, 6.07) is 0. The zero-order valence-corrected chi connectivity index (χ0v) is 14.7. The zero-order valence-electron chi connectivity index (χ0n) is 13.1. The normalized spacial score (nSPS) is 17.9. The van der Waals surface area contributed by atoms with Crippen LogP contribution in [0.5, 0.6) is 0 Å². The van der Waals surface area contributed by atoms with E-state index < -0.39 is 0 Å². The number of Topliss-reactive ketones (excluding diaryl/α,β-unsaturated/α-hetero) is 1. The summed E-state index contributed by atoms with van der Waals surface area (Å²) in [7, 11) is 0. The van der Waals surface area contributed by atoms with Gasteiger partial charge < -0.3 is 5.73 Å². The molecule has 1 saturated carbocycles. The molecular weight excluding hydrogens is 330 g/mol. The molecule has 0 bridgehead atoms. The highest BCUT2D eigenvalue weighted by atomic mass is 79.9. The fourth-order valence-electron chi connectivity index (χ4n) is 3.46. The first-order chi connectivity index (χ1) is 10.0. The van der Waals surface area contributed by atoms with Crippen molar-refractivity contribution in [1.29, 1.82) is 0 Å². The number of carbonyl (C=O) groups excluding carboxylic acids is 1. The number of aryl methyl sites for hydroxylation is 2. The first-order valence-electron chi connectivity index (χ1n) is 7.95. The average Bonchev–Trinajstić information content (AvgIpc) is 2.75. The van der Waals surface area contributed by atoms with Crippen molar-refractivity contribution < 1.29 is 4.79 Å². The number of ketones is 1. The van der Waals surface area contributed by atoms with Crippen LogP contribution in [0, 0.1) is 12.3 Å². The number of nitrogens with zero attached hydrogens (tertiary/aromatic N) is 2. The van der Waals surface area contributed by atoms with Gasteiger partial charge in [0.05, 0.1) is 15.9 Å². The van der Waals surface area contributed by atoms with E-state index in [1.165, 1.54) is 19.3 Å². The van der Waals surface area contributed by atoms with Gasteiger partial charge in [-0.1, -0.05) is 19.3 Å². The maximum absolute atomic E-state index is 12.6. The van der Waals surface area contributed by atoms with Crippen molar-refractivity contribution in [1.82, 2.24) is 9.78 Å². The third kappa shape index (κ3) is 3.75. The van der Waals surface area contributed by atoms with Gasteiger partial charge in [0, 0.05) is 19.4 Å². The number of nitrogens with two attached hydrogens (primary N) is 1. The highest BCUT2D eigenvalue weighted by Gasteiger charge is 2.33. The van der Waals surface area contributed by atoms with Crippen molar-refractivity contribution in [3.63, 3.8) is 0 Å². The SMILES string of the molecule is CCn1nc(C)c(Br)c1CC(=O)CC1(CN)CCCCC1. The smallest absolute Gasteiger partial charge is 0.139 e. The van der Waals surface area contributed by atoms with Crippen LogP contribution in [-0.2, 0) is 17.8 Å². The molecule has 0 radical (unpaired) electrons. The van der Waals surface area contributed by atoms with Crippen molar-refractivity contribution in [2.24, 2.45) is 11.1 Å². The lowest BCUT2D eigenvalue weighted by atomic mass is 9.70. The molecule has 21 heavy (non-hydrogen) atoms. The van der Waals surface area contributed by atoms with Crippen LogP contribution in [0.25, 0.3) is 0 Å². The van der Waals surface area contributed by atoms with Gasteiger partial charge in [0.25, 0.3) is 0 Å². The number of carbonyl (C=O) groups is 1. The van der Waals surface area contributed by atoms with E-state index in [0.717, 1.165) is 35.2 Å². The Labute approximate surface area is 135 Å². The van der Waals surface area contributed by atoms with E-state index in [2.05, 4.69) is 28.0 Å². The van der Waals surface area contributed by atoms with Crippen molar-refractivity contribution in [3.8, 4) is 0 Å². The van der Waals surface area contributed by atoms with E-state index in [-0.39, 0.29) is 11.2 Å². The third-order valence-electron chi connectivity index (χ3n) is 4.74. The molecule has 0 aromatic carbocycles. The second kappa shape index (κ2) is 7.05. The molecule has 0 saturated heterocycles. The summed E-state index contributed by atoms with van der Waals surface area (Å²) in [6.07, 6.45) is 6.97. The summed E-state index contributed by atoms with van der Waals surface area (Å²) in [5, 5.41) is 4.46. The van der Waals surface area contributed by atoms with E-state index in [9.17, 15) is 4.79 Å². The van der Waals surface area contributed by atoms with Crippen LogP contribution in [0.3, 0.4) is 0 Å². The van der Waals surface area contributed by atoms with Gasteiger partial charge in [0.1, 0.15) is 5.78 Å². The van der Waals surface area contributed by atoms with Crippen molar-refractivity contribution in [2.45, 2.75) is 65.3 Å². The summed E-state index contributed by atoms with van der Waals surface area (Å²) in [4.78, 5) is 12.6. The Balaban J connectivity index is 2.07. The lowest BCUT2D eigenvalue weighted by Gasteiger charge is -2.35. The molecule has 0 amide bonds. The molecule has 0 spiro atoms. The van der Waals surface area contributed by atoms with E-state index in [1.54, 1.807) is 0 Å². The van der Waals surface area contributed by atoms with Crippen LogP contribution in [0.4, 0.5) is 0 Å². The fraction of sp³-hybridized carbons (Fsp3) is 0.750. The van der Waals surface area contributed by atoms with Crippen LogP contribution < -0.4 is 5.73 Å². The Bertz CT molecular complexity index is 504. The minimum Gasteiger partial charge on any atom is -0.330 e. The van der Waals surface area contributed by atoms with Gasteiger partial charge in [0.2, 0.25) is 0 Å². The lowest BCUT2D eigenvalue weighted by Crippen LogP contribution is -2.35. The molecule has 0 aliphatic heterocycles. The number of rotatable bonds is 6. The first-order valence-corrected chi connectivity index (χ1v) is 8.74. The molecule has 4 nitrogen and oxygen atoms in total. The number of hydrogen-bond acceptors (Lipinski definition) is 3. The number of hydrogen-bond donors (Lipinski definition) is 1. The Morgan fingerprint density at radius 1 is 1.38 bits per heavy atom. The average molecular weight is 356 g/mol. The molecule has 2 N–H and O–H groups in total.